The summed E-state index contributed by atoms with van der Waals surface area (Å²) in [6.45, 7) is 8.97. The number of aryl methyl sites for hydroxylation is 1. The highest BCUT2D eigenvalue weighted by Gasteiger charge is 2.29. The summed E-state index contributed by atoms with van der Waals surface area (Å²) in [6, 6.07) is 3.06. The van der Waals surface area contributed by atoms with Crippen LogP contribution in [0.5, 0.6) is 0 Å². The van der Waals surface area contributed by atoms with Crippen LogP contribution in [0.2, 0.25) is 0 Å². The van der Waals surface area contributed by atoms with E-state index in [9.17, 15) is 13.6 Å². The number of nitrogens with zero attached hydrogens (tertiary/aromatic N) is 4. The second-order valence-electron chi connectivity index (χ2n) is 9.78. The van der Waals surface area contributed by atoms with E-state index in [4.69, 9.17) is 9.97 Å². The van der Waals surface area contributed by atoms with Crippen molar-refractivity contribution in [1.29, 1.82) is 0 Å². The quantitative estimate of drug-likeness (QED) is 0.481. The number of carbonyl (C=O) groups is 1. The Morgan fingerprint density at radius 3 is 2.69 bits per heavy atom. The fraction of sp³-hybridized carbons (Fsp3) is 0.500. The molecule has 5 rings (SSSR count). The zero-order chi connectivity index (χ0) is 24.7. The Hall–Kier alpha value is -2.81. The molecule has 0 saturated carbocycles. The van der Waals surface area contributed by atoms with Gasteiger partial charge in [0.15, 0.2) is 11.6 Å². The second-order valence-corrected chi connectivity index (χ2v) is 10.9. The standard InChI is InChI=1S/C26H31F2N5OS/c1-4-16(3)23-30-24(22-18-7-5-15(2)13-21(18)35-25(22)31-23)32-9-11-33(12-10-32)26(34)29-17-6-8-19(27)20(28)14-17/h6,8,14-16H,4-5,7,9-13H2,1-3H3,(H,29,34)/t15-,16+/m0/s1. The third kappa shape index (κ3) is 4.70. The monoisotopic (exact) mass is 499 g/mol. The van der Waals surface area contributed by atoms with E-state index in [1.54, 1.807) is 4.90 Å². The first-order valence-electron chi connectivity index (χ1n) is 12.4. The topological polar surface area (TPSA) is 61.4 Å². The molecule has 3 heterocycles. The van der Waals surface area contributed by atoms with Crippen molar-refractivity contribution in [2.24, 2.45) is 5.92 Å². The van der Waals surface area contributed by atoms with Crippen molar-refractivity contribution in [3.63, 3.8) is 0 Å². The predicted molar refractivity (Wildman–Crippen MR) is 136 cm³/mol. The van der Waals surface area contributed by atoms with Crippen LogP contribution in [0.1, 0.15) is 55.8 Å². The summed E-state index contributed by atoms with van der Waals surface area (Å²) in [5.41, 5.74) is 1.65. The number of thiophene rings is 1. The SMILES string of the molecule is CC[C@@H](C)c1nc(N2CCN(C(=O)Nc3ccc(F)c(F)c3)CC2)c2c3c(sc2n1)C[C@@H](C)CC3. The molecule has 1 aromatic carbocycles. The molecule has 6 nitrogen and oxygen atoms in total. The molecule has 186 valence electrons. The Balaban J connectivity index is 1.38. The number of piperazine rings is 1. The lowest BCUT2D eigenvalue weighted by molar-refractivity contribution is 0.208. The number of hydrogen-bond donors (Lipinski definition) is 1. The Labute approximate surface area is 208 Å². The van der Waals surface area contributed by atoms with E-state index >= 15 is 0 Å². The molecule has 35 heavy (non-hydrogen) atoms. The zero-order valence-corrected chi connectivity index (χ0v) is 21.2. The third-order valence-corrected chi connectivity index (χ3v) is 8.39. The Morgan fingerprint density at radius 1 is 1.20 bits per heavy atom. The van der Waals surface area contributed by atoms with E-state index in [-0.39, 0.29) is 17.6 Å². The molecule has 2 atom stereocenters. The summed E-state index contributed by atoms with van der Waals surface area (Å²) in [6.07, 6.45) is 4.33. The fourth-order valence-electron chi connectivity index (χ4n) is 4.87. The molecule has 2 aromatic heterocycles. The lowest BCUT2D eigenvalue weighted by Crippen LogP contribution is -2.50. The summed E-state index contributed by atoms with van der Waals surface area (Å²) in [5.74, 6) is 0.941. The zero-order valence-electron chi connectivity index (χ0n) is 20.4. The Morgan fingerprint density at radius 2 is 1.97 bits per heavy atom. The highest BCUT2D eigenvalue weighted by molar-refractivity contribution is 7.19. The summed E-state index contributed by atoms with van der Waals surface area (Å²) in [5, 5.41) is 3.87. The third-order valence-electron chi connectivity index (χ3n) is 7.24. The smallest absolute Gasteiger partial charge is 0.321 e. The van der Waals surface area contributed by atoms with Gasteiger partial charge in [0.2, 0.25) is 0 Å². The van der Waals surface area contributed by atoms with Crippen LogP contribution in [0, 0.1) is 17.6 Å². The van der Waals surface area contributed by atoms with Crippen molar-refractivity contribution in [2.75, 3.05) is 36.4 Å². The molecule has 1 aliphatic heterocycles. The number of halogens is 2. The number of benzene rings is 1. The lowest BCUT2D eigenvalue weighted by Gasteiger charge is -2.36. The van der Waals surface area contributed by atoms with Crippen molar-refractivity contribution in [1.82, 2.24) is 14.9 Å². The molecule has 1 N–H and O–H groups in total. The minimum atomic E-state index is -0.981. The Bertz CT molecular complexity index is 1250. The Kier molecular flexibility index (Phi) is 6.61. The number of aromatic nitrogens is 2. The van der Waals surface area contributed by atoms with Gasteiger partial charge in [-0.1, -0.05) is 20.8 Å². The number of anilines is 2. The van der Waals surface area contributed by atoms with Crippen LogP contribution in [-0.4, -0.2) is 47.1 Å². The van der Waals surface area contributed by atoms with Gasteiger partial charge in [-0.15, -0.1) is 11.3 Å². The van der Waals surface area contributed by atoms with Gasteiger partial charge >= 0.3 is 6.03 Å². The van der Waals surface area contributed by atoms with Crippen molar-refractivity contribution in [3.05, 3.63) is 46.1 Å². The molecule has 1 fully saturated rings. The van der Waals surface area contributed by atoms with Gasteiger partial charge in [-0.25, -0.2) is 23.5 Å². The maximum atomic E-state index is 13.5. The van der Waals surface area contributed by atoms with Gasteiger partial charge in [0.25, 0.3) is 0 Å². The van der Waals surface area contributed by atoms with Crippen LogP contribution in [0.3, 0.4) is 0 Å². The average molecular weight is 500 g/mol. The molecule has 1 aliphatic carbocycles. The van der Waals surface area contributed by atoms with Gasteiger partial charge in [-0.2, -0.15) is 0 Å². The normalized spacial score (nSPS) is 19.1. The predicted octanol–water partition coefficient (Wildman–Crippen LogP) is 5.96. The van der Waals surface area contributed by atoms with E-state index < -0.39 is 11.6 Å². The maximum Gasteiger partial charge on any atom is 0.321 e. The first-order chi connectivity index (χ1) is 16.8. The van der Waals surface area contributed by atoms with Gasteiger partial charge in [-0.3, -0.25) is 0 Å². The van der Waals surface area contributed by atoms with Gasteiger partial charge in [-0.05, 0) is 49.3 Å². The molecule has 1 saturated heterocycles. The number of fused-ring (bicyclic) bond motifs is 3. The van der Waals surface area contributed by atoms with Gasteiger partial charge in [0, 0.05) is 48.7 Å². The minimum Gasteiger partial charge on any atom is -0.352 e. The largest absolute Gasteiger partial charge is 0.352 e. The summed E-state index contributed by atoms with van der Waals surface area (Å²) < 4.78 is 26.7. The fourth-order valence-corrected chi connectivity index (χ4v) is 6.25. The van der Waals surface area contributed by atoms with Crippen molar-refractivity contribution in [2.45, 2.75) is 52.4 Å². The van der Waals surface area contributed by atoms with E-state index in [0.29, 0.717) is 32.1 Å². The molecule has 0 spiro atoms. The van der Waals surface area contributed by atoms with E-state index in [1.165, 1.54) is 28.3 Å². The molecule has 2 aliphatic rings. The number of nitrogens with one attached hydrogen (secondary N) is 1. The maximum absolute atomic E-state index is 13.5. The molecule has 0 radical (unpaired) electrons. The number of carbonyl (C=O) groups excluding carboxylic acids is 1. The van der Waals surface area contributed by atoms with Crippen LogP contribution >= 0.6 is 11.3 Å². The van der Waals surface area contributed by atoms with Crippen molar-refractivity contribution in [3.8, 4) is 0 Å². The van der Waals surface area contributed by atoms with E-state index in [2.05, 4.69) is 31.0 Å². The molecular formula is C26H31F2N5OS. The molecule has 2 amide bonds. The van der Waals surface area contributed by atoms with Crippen LogP contribution in [0.4, 0.5) is 25.1 Å². The highest BCUT2D eigenvalue weighted by atomic mass is 32.1. The van der Waals surface area contributed by atoms with Gasteiger partial charge < -0.3 is 15.1 Å². The summed E-state index contributed by atoms with van der Waals surface area (Å²) in [4.78, 5) is 29.3. The van der Waals surface area contributed by atoms with E-state index in [1.807, 2.05) is 11.3 Å². The lowest BCUT2D eigenvalue weighted by atomic mass is 9.89. The van der Waals surface area contributed by atoms with Crippen LogP contribution in [-0.2, 0) is 12.8 Å². The molecular weight excluding hydrogens is 468 g/mol. The number of rotatable bonds is 4. The average Bonchev–Trinajstić information content (AvgIpc) is 3.22. The second kappa shape index (κ2) is 9.68. The van der Waals surface area contributed by atoms with Gasteiger partial charge in [0.05, 0.1) is 5.39 Å². The van der Waals surface area contributed by atoms with Crippen molar-refractivity contribution >= 4 is 39.1 Å². The number of amides is 2. The first-order valence-corrected chi connectivity index (χ1v) is 13.2. The first kappa shape index (κ1) is 23.9. The minimum absolute atomic E-state index is 0.242. The van der Waals surface area contributed by atoms with Crippen molar-refractivity contribution < 1.29 is 13.6 Å². The highest BCUT2D eigenvalue weighted by Crippen LogP contribution is 2.42. The molecule has 0 bridgehead atoms. The summed E-state index contributed by atoms with van der Waals surface area (Å²) >= 11 is 1.82. The summed E-state index contributed by atoms with van der Waals surface area (Å²) in [7, 11) is 0. The molecule has 3 aromatic rings. The number of hydrogen-bond acceptors (Lipinski definition) is 5. The number of urea groups is 1. The molecule has 9 heteroatoms. The van der Waals surface area contributed by atoms with Gasteiger partial charge in [0.1, 0.15) is 16.5 Å². The van der Waals surface area contributed by atoms with Crippen LogP contribution < -0.4 is 10.2 Å². The van der Waals surface area contributed by atoms with E-state index in [0.717, 1.165) is 47.9 Å². The van der Waals surface area contributed by atoms with Crippen LogP contribution in [0.25, 0.3) is 10.2 Å². The van der Waals surface area contributed by atoms with Crippen LogP contribution in [0.15, 0.2) is 18.2 Å². The molecule has 0 unspecified atom stereocenters.